The van der Waals surface area contributed by atoms with Crippen molar-refractivity contribution in [2.75, 3.05) is 6.54 Å². The minimum absolute atomic E-state index is 0.0333. The van der Waals surface area contributed by atoms with Gasteiger partial charge in [0.25, 0.3) is 5.91 Å². The molecule has 0 spiro atoms. The smallest absolute Gasteiger partial charge is 0.341 e. The molecule has 90 valence electrons. The molecule has 0 unspecified atom stereocenters. The van der Waals surface area contributed by atoms with Crippen LogP contribution in [-0.2, 0) is 0 Å². The number of rotatable bonds is 3. The normalized spacial score (nSPS) is 10.7. The molecule has 0 aliphatic rings. The van der Waals surface area contributed by atoms with Crippen LogP contribution in [0.5, 0.6) is 0 Å². The number of carbonyl (C=O) groups is 1. The number of hydrogen-bond acceptors (Lipinski definition) is 2. The van der Waals surface area contributed by atoms with Crippen molar-refractivity contribution in [1.82, 2.24) is 5.32 Å². The first kappa shape index (κ1) is 13.5. The van der Waals surface area contributed by atoms with E-state index in [1.54, 1.807) is 0 Å². The van der Waals surface area contributed by atoms with E-state index in [4.69, 9.17) is 6.42 Å². The molecule has 0 atom stereocenters. The average Bonchev–Trinajstić information content (AvgIpc) is 2.24. The van der Waals surface area contributed by atoms with Gasteiger partial charge in [0, 0.05) is 10.5 Å². The minimum Gasteiger partial charge on any atom is -0.341 e. The molecule has 0 radical (unpaired) electrons. The molecule has 0 saturated carbocycles. The Bertz CT molecular complexity index is 434. The first-order valence-electron chi connectivity index (χ1n) is 4.50. The van der Waals surface area contributed by atoms with E-state index in [-0.39, 0.29) is 28.8 Å². The van der Waals surface area contributed by atoms with E-state index in [0.717, 1.165) is 0 Å². The number of terminal acetylenes is 1. The molecular formula is C11H8F3NOS. The lowest BCUT2D eigenvalue weighted by atomic mass is 10.2. The second-order valence-corrected chi connectivity index (χ2v) is 4.10. The number of carbonyl (C=O) groups excluding carboxylic acids is 1. The van der Waals surface area contributed by atoms with Crippen molar-refractivity contribution in [1.29, 1.82) is 0 Å². The largest absolute Gasteiger partial charge is 0.446 e. The number of hydrogen-bond donors (Lipinski definition) is 1. The van der Waals surface area contributed by atoms with Crippen molar-refractivity contribution in [2.45, 2.75) is 10.4 Å². The molecule has 1 N–H and O–H groups in total. The highest BCUT2D eigenvalue weighted by Crippen LogP contribution is 2.36. The molecule has 1 aromatic carbocycles. The minimum atomic E-state index is -4.33. The zero-order valence-electron chi connectivity index (χ0n) is 8.54. The first-order chi connectivity index (χ1) is 7.92. The average molecular weight is 259 g/mol. The molecule has 0 heterocycles. The molecular weight excluding hydrogens is 251 g/mol. The highest BCUT2D eigenvalue weighted by atomic mass is 32.2. The van der Waals surface area contributed by atoms with Gasteiger partial charge < -0.3 is 5.32 Å². The van der Waals surface area contributed by atoms with Gasteiger partial charge in [0.15, 0.2) is 0 Å². The fraction of sp³-hybridized carbons (Fsp3) is 0.182. The van der Waals surface area contributed by atoms with Gasteiger partial charge in [0.1, 0.15) is 0 Å². The number of benzene rings is 1. The van der Waals surface area contributed by atoms with Crippen molar-refractivity contribution in [3.05, 3.63) is 29.8 Å². The van der Waals surface area contributed by atoms with E-state index >= 15 is 0 Å². The molecule has 1 rings (SSSR count). The lowest BCUT2D eigenvalue weighted by Gasteiger charge is -2.06. The summed E-state index contributed by atoms with van der Waals surface area (Å²) in [4.78, 5) is 11.4. The van der Waals surface area contributed by atoms with Crippen LogP contribution in [0.15, 0.2) is 29.2 Å². The summed E-state index contributed by atoms with van der Waals surface area (Å²) in [7, 11) is 0. The van der Waals surface area contributed by atoms with Crippen molar-refractivity contribution in [2.24, 2.45) is 0 Å². The predicted molar refractivity (Wildman–Crippen MR) is 59.5 cm³/mol. The van der Waals surface area contributed by atoms with Gasteiger partial charge in [-0.05, 0) is 36.0 Å². The fourth-order valence-electron chi connectivity index (χ4n) is 1.04. The summed E-state index contributed by atoms with van der Waals surface area (Å²) >= 11 is -0.225. The van der Waals surface area contributed by atoms with Crippen molar-refractivity contribution >= 4 is 17.7 Å². The highest BCUT2D eigenvalue weighted by Gasteiger charge is 2.29. The summed E-state index contributed by atoms with van der Waals surface area (Å²) in [6, 6.07) is 5.12. The van der Waals surface area contributed by atoms with Crippen LogP contribution in [0.25, 0.3) is 0 Å². The van der Waals surface area contributed by atoms with Gasteiger partial charge in [0.2, 0.25) is 0 Å². The number of thioether (sulfide) groups is 1. The molecule has 1 amide bonds. The lowest BCUT2D eigenvalue weighted by molar-refractivity contribution is -0.0328. The van der Waals surface area contributed by atoms with Crippen LogP contribution in [0.1, 0.15) is 10.4 Å². The second-order valence-electron chi connectivity index (χ2n) is 2.96. The van der Waals surface area contributed by atoms with Gasteiger partial charge in [-0.25, -0.2) is 0 Å². The molecule has 1 aromatic rings. The van der Waals surface area contributed by atoms with E-state index in [2.05, 4.69) is 11.2 Å². The monoisotopic (exact) mass is 259 g/mol. The van der Waals surface area contributed by atoms with Crippen LogP contribution in [0.3, 0.4) is 0 Å². The quantitative estimate of drug-likeness (QED) is 0.668. The number of alkyl halides is 3. The molecule has 0 bridgehead atoms. The van der Waals surface area contributed by atoms with Crippen LogP contribution in [0.2, 0.25) is 0 Å². The molecule has 17 heavy (non-hydrogen) atoms. The molecule has 0 aromatic heterocycles. The van der Waals surface area contributed by atoms with Crippen LogP contribution in [0.4, 0.5) is 13.2 Å². The third-order valence-corrected chi connectivity index (χ3v) is 2.44. The third kappa shape index (κ3) is 4.83. The Labute approximate surface area is 101 Å². The van der Waals surface area contributed by atoms with Gasteiger partial charge in [0.05, 0.1) is 6.54 Å². The Balaban J connectivity index is 2.68. The van der Waals surface area contributed by atoms with E-state index in [1.165, 1.54) is 24.3 Å². The maximum Gasteiger partial charge on any atom is 0.446 e. The lowest BCUT2D eigenvalue weighted by Crippen LogP contribution is -2.23. The van der Waals surface area contributed by atoms with E-state index in [0.29, 0.717) is 0 Å². The maximum atomic E-state index is 12.0. The van der Waals surface area contributed by atoms with Crippen molar-refractivity contribution < 1.29 is 18.0 Å². The molecule has 6 heteroatoms. The van der Waals surface area contributed by atoms with Crippen LogP contribution in [-0.4, -0.2) is 18.0 Å². The summed E-state index contributed by atoms with van der Waals surface area (Å²) < 4.78 is 36.1. The Kier molecular flexibility index (Phi) is 4.46. The Morgan fingerprint density at radius 2 is 1.94 bits per heavy atom. The SMILES string of the molecule is C#CCNC(=O)c1ccc(SC(F)(F)F)cc1. The Hall–Kier alpha value is -1.61. The van der Waals surface area contributed by atoms with Gasteiger partial charge in [-0.3, -0.25) is 4.79 Å². The maximum absolute atomic E-state index is 12.0. The third-order valence-electron chi connectivity index (χ3n) is 1.70. The number of nitrogens with one attached hydrogen (secondary N) is 1. The van der Waals surface area contributed by atoms with Gasteiger partial charge in [-0.1, -0.05) is 5.92 Å². The number of amides is 1. The number of halogens is 3. The second kappa shape index (κ2) is 5.64. The van der Waals surface area contributed by atoms with Crippen LogP contribution >= 0.6 is 11.8 Å². The molecule has 0 aliphatic heterocycles. The van der Waals surface area contributed by atoms with E-state index < -0.39 is 11.4 Å². The predicted octanol–water partition coefficient (Wildman–Crippen LogP) is 2.66. The molecule has 0 saturated heterocycles. The summed E-state index contributed by atoms with van der Waals surface area (Å²) in [5.41, 5.74) is -4.06. The first-order valence-corrected chi connectivity index (χ1v) is 5.31. The van der Waals surface area contributed by atoms with Crippen molar-refractivity contribution in [3.8, 4) is 12.3 Å². The summed E-state index contributed by atoms with van der Waals surface area (Å²) in [5.74, 6) is 1.82. The highest BCUT2D eigenvalue weighted by molar-refractivity contribution is 8.00. The molecule has 0 aliphatic carbocycles. The van der Waals surface area contributed by atoms with Gasteiger partial charge in [-0.2, -0.15) is 13.2 Å². The van der Waals surface area contributed by atoms with Crippen molar-refractivity contribution in [3.63, 3.8) is 0 Å². The summed E-state index contributed by atoms with van der Waals surface area (Å²) in [6.45, 7) is 0.0812. The topological polar surface area (TPSA) is 29.1 Å². The Morgan fingerprint density at radius 3 is 2.41 bits per heavy atom. The van der Waals surface area contributed by atoms with E-state index in [1.807, 2.05) is 0 Å². The summed E-state index contributed by atoms with van der Waals surface area (Å²) in [6.07, 6.45) is 4.96. The zero-order valence-corrected chi connectivity index (χ0v) is 9.36. The van der Waals surface area contributed by atoms with Gasteiger partial charge in [-0.15, -0.1) is 6.42 Å². The summed E-state index contributed by atoms with van der Waals surface area (Å²) in [5, 5.41) is 2.41. The zero-order chi connectivity index (χ0) is 12.9. The van der Waals surface area contributed by atoms with E-state index in [9.17, 15) is 18.0 Å². The standard InChI is InChI=1S/C11H8F3NOS/c1-2-7-15-10(16)8-3-5-9(6-4-8)17-11(12,13)14/h1,3-6H,7H2,(H,15,16). The van der Waals surface area contributed by atoms with Crippen LogP contribution < -0.4 is 5.32 Å². The van der Waals surface area contributed by atoms with Gasteiger partial charge >= 0.3 is 5.51 Å². The fourth-order valence-corrected chi connectivity index (χ4v) is 1.58. The Morgan fingerprint density at radius 1 is 1.35 bits per heavy atom. The molecule has 2 nitrogen and oxygen atoms in total. The van der Waals surface area contributed by atoms with Crippen LogP contribution in [0, 0.1) is 12.3 Å². The molecule has 0 fully saturated rings.